The minimum atomic E-state index is 0.376. The van der Waals surface area contributed by atoms with E-state index in [4.69, 9.17) is 4.74 Å². The second kappa shape index (κ2) is 6.74. The molecule has 3 rings (SSSR count). The summed E-state index contributed by atoms with van der Waals surface area (Å²) in [5.41, 5.74) is 0. The number of thiophene rings is 1. The third kappa shape index (κ3) is 3.07. The number of rotatable bonds is 5. The van der Waals surface area contributed by atoms with Crippen LogP contribution in [0.1, 0.15) is 26.2 Å². The molecule has 0 aromatic carbocycles. The predicted octanol–water partition coefficient (Wildman–Crippen LogP) is 3.69. The molecule has 0 aliphatic carbocycles. The van der Waals surface area contributed by atoms with E-state index in [2.05, 4.69) is 39.2 Å². The second-order valence-electron chi connectivity index (χ2n) is 4.83. The molecule has 0 unspecified atom stereocenters. The van der Waals surface area contributed by atoms with E-state index in [0.29, 0.717) is 6.10 Å². The SMILES string of the molecule is CCn1c(SC[C@H]2CCCCO2)nnc1-c1cccs1. The summed E-state index contributed by atoms with van der Waals surface area (Å²) in [7, 11) is 0. The number of nitrogens with zero attached hydrogens (tertiary/aromatic N) is 3. The lowest BCUT2D eigenvalue weighted by Gasteiger charge is -2.21. The molecule has 1 aliphatic heterocycles. The lowest BCUT2D eigenvalue weighted by molar-refractivity contribution is 0.0315. The molecule has 0 N–H and O–H groups in total. The monoisotopic (exact) mass is 309 g/mol. The standard InChI is InChI=1S/C14H19N3OS2/c1-2-17-13(12-7-5-9-19-12)15-16-14(17)20-10-11-6-3-4-8-18-11/h5,7,9,11H,2-4,6,8,10H2,1H3/t11-/m1/s1. The van der Waals surface area contributed by atoms with E-state index in [9.17, 15) is 0 Å². The van der Waals surface area contributed by atoms with Crippen molar-refractivity contribution >= 4 is 23.1 Å². The molecule has 3 heterocycles. The number of thioether (sulfide) groups is 1. The second-order valence-corrected chi connectivity index (χ2v) is 6.76. The Balaban J connectivity index is 1.70. The van der Waals surface area contributed by atoms with Gasteiger partial charge in [-0.25, -0.2) is 0 Å². The van der Waals surface area contributed by atoms with Gasteiger partial charge >= 0.3 is 0 Å². The van der Waals surface area contributed by atoms with Crippen LogP contribution in [0.5, 0.6) is 0 Å². The molecule has 2 aromatic rings. The molecule has 1 fully saturated rings. The summed E-state index contributed by atoms with van der Waals surface area (Å²) in [5.74, 6) is 1.96. The van der Waals surface area contributed by atoms with Crippen LogP contribution in [-0.2, 0) is 11.3 Å². The van der Waals surface area contributed by atoms with E-state index in [1.165, 1.54) is 24.1 Å². The molecule has 20 heavy (non-hydrogen) atoms. The fraction of sp³-hybridized carbons (Fsp3) is 0.571. The Morgan fingerprint density at radius 2 is 2.40 bits per heavy atom. The molecular formula is C14H19N3OS2. The lowest BCUT2D eigenvalue weighted by atomic mass is 10.1. The van der Waals surface area contributed by atoms with Gasteiger partial charge in [0, 0.05) is 18.9 Å². The van der Waals surface area contributed by atoms with E-state index in [-0.39, 0.29) is 0 Å². The number of ether oxygens (including phenoxy) is 1. The Morgan fingerprint density at radius 1 is 1.45 bits per heavy atom. The van der Waals surface area contributed by atoms with Gasteiger partial charge in [-0.1, -0.05) is 17.8 Å². The first-order valence-electron chi connectivity index (χ1n) is 7.10. The lowest BCUT2D eigenvalue weighted by Crippen LogP contribution is -2.21. The molecule has 108 valence electrons. The maximum Gasteiger partial charge on any atom is 0.191 e. The van der Waals surface area contributed by atoms with Crippen molar-refractivity contribution in [3.05, 3.63) is 17.5 Å². The van der Waals surface area contributed by atoms with Crippen molar-refractivity contribution in [3.8, 4) is 10.7 Å². The van der Waals surface area contributed by atoms with Crippen LogP contribution >= 0.6 is 23.1 Å². The number of hydrogen-bond donors (Lipinski definition) is 0. The van der Waals surface area contributed by atoms with Gasteiger partial charge in [0.2, 0.25) is 0 Å². The highest BCUT2D eigenvalue weighted by molar-refractivity contribution is 7.99. The molecule has 2 aromatic heterocycles. The molecule has 0 bridgehead atoms. The highest BCUT2D eigenvalue weighted by Gasteiger charge is 2.18. The van der Waals surface area contributed by atoms with Gasteiger partial charge in [0.05, 0.1) is 11.0 Å². The van der Waals surface area contributed by atoms with E-state index in [0.717, 1.165) is 29.9 Å². The van der Waals surface area contributed by atoms with E-state index in [1.54, 1.807) is 23.1 Å². The smallest absolute Gasteiger partial charge is 0.191 e. The molecule has 1 atom stereocenters. The maximum absolute atomic E-state index is 5.78. The summed E-state index contributed by atoms with van der Waals surface area (Å²) in [4.78, 5) is 1.18. The van der Waals surface area contributed by atoms with Crippen molar-refractivity contribution in [2.24, 2.45) is 0 Å². The number of hydrogen-bond acceptors (Lipinski definition) is 5. The molecule has 6 heteroatoms. The topological polar surface area (TPSA) is 39.9 Å². The van der Waals surface area contributed by atoms with Crippen LogP contribution in [0.4, 0.5) is 0 Å². The van der Waals surface area contributed by atoms with Crippen LogP contribution in [0.25, 0.3) is 10.7 Å². The Kier molecular flexibility index (Phi) is 4.75. The summed E-state index contributed by atoms with van der Waals surface area (Å²) in [5, 5.41) is 11.8. The summed E-state index contributed by atoms with van der Waals surface area (Å²) >= 11 is 3.47. The first-order valence-corrected chi connectivity index (χ1v) is 8.96. The summed E-state index contributed by atoms with van der Waals surface area (Å²) < 4.78 is 7.97. The van der Waals surface area contributed by atoms with Crippen LogP contribution in [0.15, 0.2) is 22.7 Å². The average Bonchev–Trinajstić information content (AvgIpc) is 3.14. The Labute approximate surface area is 127 Å². The molecular weight excluding hydrogens is 290 g/mol. The fourth-order valence-corrected chi connectivity index (χ4v) is 4.16. The predicted molar refractivity (Wildman–Crippen MR) is 83.3 cm³/mol. The third-order valence-electron chi connectivity index (χ3n) is 3.45. The van der Waals surface area contributed by atoms with Crippen LogP contribution in [-0.4, -0.2) is 33.2 Å². The zero-order chi connectivity index (χ0) is 13.8. The zero-order valence-corrected chi connectivity index (χ0v) is 13.3. The van der Waals surface area contributed by atoms with Crippen molar-refractivity contribution in [2.45, 2.75) is 44.0 Å². The molecule has 1 aliphatic rings. The number of aromatic nitrogens is 3. The zero-order valence-electron chi connectivity index (χ0n) is 11.6. The quantitative estimate of drug-likeness (QED) is 0.790. The molecule has 0 saturated carbocycles. The van der Waals surface area contributed by atoms with Gasteiger partial charge in [0.1, 0.15) is 0 Å². The molecule has 4 nitrogen and oxygen atoms in total. The first kappa shape index (κ1) is 14.1. The van der Waals surface area contributed by atoms with Crippen molar-refractivity contribution in [1.82, 2.24) is 14.8 Å². The van der Waals surface area contributed by atoms with Crippen molar-refractivity contribution in [1.29, 1.82) is 0 Å². The summed E-state index contributed by atoms with van der Waals surface area (Å²) in [6, 6.07) is 4.15. The molecule has 0 amide bonds. The fourth-order valence-electron chi connectivity index (χ4n) is 2.37. The van der Waals surface area contributed by atoms with Gasteiger partial charge < -0.3 is 9.30 Å². The highest BCUT2D eigenvalue weighted by atomic mass is 32.2. The van der Waals surface area contributed by atoms with Gasteiger partial charge in [0.15, 0.2) is 11.0 Å². The van der Waals surface area contributed by atoms with E-state index >= 15 is 0 Å². The largest absolute Gasteiger partial charge is 0.377 e. The van der Waals surface area contributed by atoms with Gasteiger partial charge in [-0.15, -0.1) is 21.5 Å². The summed E-state index contributed by atoms with van der Waals surface area (Å²) in [6.07, 6.45) is 4.03. The molecule has 1 saturated heterocycles. The van der Waals surface area contributed by atoms with E-state index < -0.39 is 0 Å². The Morgan fingerprint density at radius 3 is 3.10 bits per heavy atom. The van der Waals surface area contributed by atoms with Crippen LogP contribution < -0.4 is 0 Å². The summed E-state index contributed by atoms with van der Waals surface area (Å²) in [6.45, 7) is 3.95. The van der Waals surface area contributed by atoms with Gasteiger partial charge in [0.25, 0.3) is 0 Å². The van der Waals surface area contributed by atoms with Gasteiger partial charge in [-0.2, -0.15) is 0 Å². The van der Waals surface area contributed by atoms with Crippen LogP contribution in [0, 0.1) is 0 Å². The van der Waals surface area contributed by atoms with Crippen molar-refractivity contribution in [3.63, 3.8) is 0 Å². The maximum atomic E-state index is 5.78. The Hall–Kier alpha value is -0.850. The van der Waals surface area contributed by atoms with Crippen molar-refractivity contribution in [2.75, 3.05) is 12.4 Å². The Bertz CT molecular complexity index is 533. The third-order valence-corrected chi connectivity index (χ3v) is 5.41. The molecule has 0 spiro atoms. The van der Waals surface area contributed by atoms with Crippen molar-refractivity contribution < 1.29 is 4.74 Å². The van der Waals surface area contributed by atoms with E-state index in [1.807, 2.05) is 0 Å². The van der Waals surface area contributed by atoms with Crippen LogP contribution in [0.2, 0.25) is 0 Å². The average molecular weight is 309 g/mol. The van der Waals surface area contributed by atoms with Crippen LogP contribution in [0.3, 0.4) is 0 Å². The van der Waals surface area contributed by atoms with Gasteiger partial charge in [-0.3, -0.25) is 0 Å². The highest BCUT2D eigenvalue weighted by Crippen LogP contribution is 2.28. The minimum absolute atomic E-state index is 0.376. The minimum Gasteiger partial charge on any atom is -0.377 e. The normalized spacial score (nSPS) is 19.4. The van der Waals surface area contributed by atoms with Gasteiger partial charge in [-0.05, 0) is 37.6 Å². The first-order chi connectivity index (χ1) is 9.88. The molecule has 0 radical (unpaired) electrons.